The molecule has 0 aromatic carbocycles. The molecule has 2 N–H and O–H groups in total. The van der Waals surface area contributed by atoms with Crippen LogP contribution in [0.2, 0.25) is 0 Å². The van der Waals surface area contributed by atoms with Crippen LogP contribution in [0.5, 0.6) is 0 Å². The van der Waals surface area contributed by atoms with Crippen LogP contribution in [0.25, 0.3) is 0 Å². The van der Waals surface area contributed by atoms with Gasteiger partial charge in [0.25, 0.3) is 0 Å². The second kappa shape index (κ2) is 7.89. The SMILES string of the molecule is CCNCCC(C)c1cccc(NC(=O)C(C)C)n1. The van der Waals surface area contributed by atoms with E-state index in [-0.39, 0.29) is 11.8 Å². The molecule has 0 spiro atoms. The highest BCUT2D eigenvalue weighted by Crippen LogP contribution is 2.18. The van der Waals surface area contributed by atoms with Crippen molar-refractivity contribution in [2.24, 2.45) is 5.92 Å². The largest absolute Gasteiger partial charge is 0.317 e. The first kappa shape index (κ1) is 15.6. The predicted molar refractivity (Wildman–Crippen MR) is 79.3 cm³/mol. The molecular formula is C15H25N3O. The smallest absolute Gasteiger partial charge is 0.228 e. The predicted octanol–water partition coefficient (Wildman–Crippen LogP) is 2.78. The number of nitrogens with one attached hydrogen (secondary N) is 2. The molecule has 0 saturated heterocycles. The van der Waals surface area contributed by atoms with Crippen LogP contribution in [-0.4, -0.2) is 24.0 Å². The zero-order chi connectivity index (χ0) is 14.3. The molecule has 19 heavy (non-hydrogen) atoms. The Bertz CT molecular complexity index is 404. The minimum atomic E-state index is -0.0309. The molecule has 106 valence electrons. The Hall–Kier alpha value is -1.42. The number of rotatable bonds is 7. The van der Waals surface area contributed by atoms with Crippen LogP contribution in [0.3, 0.4) is 0 Å². The molecule has 0 bridgehead atoms. The van der Waals surface area contributed by atoms with E-state index < -0.39 is 0 Å². The summed E-state index contributed by atoms with van der Waals surface area (Å²) in [6, 6.07) is 5.80. The van der Waals surface area contributed by atoms with Crippen LogP contribution in [0, 0.1) is 5.92 Å². The molecule has 1 unspecified atom stereocenters. The number of hydrogen-bond acceptors (Lipinski definition) is 3. The summed E-state index contributed by atoms with van der Waals surface area (Å²) >= 11 is 0. The van der Waals surface area contributed by atoms with Crippen molar-refractivity contribution in [3.05, 3.63) is 23.9 Å². The summed E-state index contributed by atoms with van der Waals surface area (Å²) in [5, 5.41) is 6.15. The lowest BCUT2D eigenvalue weighted by Crippen LogP contribution is -2.19. The molecule has 1 aromatic rings. The van der Waals surface area contributed by atoms with Gasteiger partial charge in [-0.2, -0.15) is 0 Å². The second-order valence-corrected chi connectivity index (χ2v) is 5.13. The number of carbonyl (C=O) groups is 1. The average Bonchev–Trinajstić information content (AvgIpc) is 2.39. The van der Waals surface area contributed by atoms with Gasteiger partial charge in [0, 0.05) is 11.6 Å². The van der Waals surface area contributed by atoms with Gasteiger partial charge in [-0.25, -0.2) is 4.98 Å². The van der Waals surface area contributed by atoms with Crippen molar-refractivity contribution in [1.29, 1.82) is 0 Å². The van der Waals surface area contributed by atoms with Crippen molar-refractivity contribution in [2.45, 2.75) is 40.0 Å². The summed E-state index contributed by atoms with van der Waals surface area (Å²) in [5.41, 5.74) is 1.03. The summed E-state index contributed by atoms with van der Waals surface area (Å²) in [6.45, 7) is 9.99. The van der Waals surface area contributed by atoms with E-state index in [0.717, 1.165) is 25.2 Å². The van der Waals surface area contributed by atoms with Gasteiger partial charge in [-0.3, -0.25) is 4.79 Å². The van der Waals surface area contributed by atoms with Crippen molar-refractivity contribution >= 4 is 11.7 Å². The van der Waals surface area contributed by atoms with Crippen LogP contribution in [0.15, 0.2) is 18.2 Å². The fourth-order valence-electron chi connectivity index (χ4n) is 1.71. The third kappa shape index (κ3) is 5.39. The maximum atomic E-state index is 11.6. The number of anilines is 1. The molecule has 4 heteroatoms. The van der Waals surface area contributed by atoms with E-state index >= 15 is 0 Å². The molecule has 0 aliphatic carbocycles. The first-order valence-electron chi connectivity index (χ1n) is 7.03. The van der Waals surface area contributed by atoms with Gasteiger partial charge in [0.05, 0.1) is 0 Å². The van der Waals surface area contributed by atoms with Gasteiger partial charge in [-0.1, -0.05) is 33.8 Å². The second-order valence-electron chi connectivity index (χ2n) is 5.13. The number of pyridine rings is 1. The maximum Gasteiger partial charge on any atom is 0.228 e. The third-order valence-corrected chi connectivity index (χ3v) is 3.06. The van der Waals surface area contributed by atoms with E-state index in [2.05, 4.69) is 29.5 Å². The van der Waals surface area contributed by atoms with Crippen molar-refractivity contribution in [2.75, 3.05) is 18.4 Å². The lowest BCUT2D eigenvalue weighted by atomic mass is 10.0. The molecule has 1 rings (SSSR count). The summed E-state index contributed by atoms with van der Waals surface area (Å²) in [6.07, 6.45) is 1.04. The van der Waals surface area contributed by atoms with Crippen LogP contribution in [0.4, 0.5) is 5.82 Å². The van der Waals surface area contributed by atoms with Gasteiger partial charge in [0.2, 0.25) is 5.91 Å². The Balaban J connectivity index is 2.63. The lowest BCUT2D eigenvalue weighted by molar-refractivity contribution is -0.118. The fraction of sp³-hybridized carbons (Fsp3) is 0.600. The average molecular weight is 263 g/mol. The number of hydrogen-bond donors (Lipinski definition) is 2. The lowest BCUT2D eigenvalue weighted by Gasteiger charge is -2.13. The van der Waals surface area contributed by atoms with E-state index in [0.29, 0.717) is 11.7 Å². The zero-order valence-electron chi connectivity index (χ0n) is 12.4. The molecule has 4 nitrogen and oxygen atoms in total. The van der Waals surface area contributed by atoms with E-state index in [1.165, 1.54) is 0 Å². The fourth-order valence-corrected chi connectivity index (χ4v) is 1.71. The van der Waals surface area contributed by atoms with E-state index in [1.807, 2.05) is 32.0 Å². The van der Waals surface area contributed by atoms with Crippen LogP contribution < -0.4 is 10.6 Å². The molecule has 1 atom stereocenters. The third-order valence-electron chi connectivity index (χ3n) is 3.06. The standard InChI is InChI=1S/C15H25N3O/c1-5-16-10-9-12(4)13-7-6-8-14(17-13)18-15(19)11(2)3/h6-8,11-12,16H,5,9-10H2,1-4H3,(H,17,18,19). The van der Waals surface area contributed by atoms with Crippen molar-refractivity contribution in [3.63, 3.8) is 0 Å². The number of aromatic nitrogens is 1. The molecule has 0 aliphatic heterocycles. The van der Waals surface area contributed by atoms with Crippen molar-refractivity contribution < 1.29 is 4.79 Å². The highest BCUT2D eigenvalue weighted by atomic mass is 16.1. The van der Waals surface area contributed by atoms with Gasteiger partial charge in [-0.15, -0.1) is 0 Å². The monoisotopic (exact) mass is 263 g/mol. The number of amides is 1. The molecule has 0 fully saturated rings. The summed E-state index contributed by atoms with van der Waals surface area (Å²) < 4.78 is 0. The van der Waals surface area contributed by atoms with Crippen molar-refractivity contribution in [1.82, 2.24) is 10.3 Å². The van der Waals surface area contributed by atoms with E-state index in [4.69, 9.17) is 0 Å². The minimum Gasteiger partial charge on any atom is -0.317 e. The highest BCUT2D eigenvalue weighted by Gasteiger charge is 2.10. The minimum absolute atomic E-state index is 0.00459. The Morgan fingerprint density at radius 2 is 2.05 bits per heavy atom. The molecule has 1 aromatic heterocycles. The molecule has 1 amide bonds. The Morgan fingerprint density at radius 3 is 2.68 bits per heavy atom. The Morgan fingerprint density at radius 1 is 1.32 bits per heavy atom. The molecule has 0 aliphatic rings. The molecular weight excluding hydrogens is 238 g/mol. The van der Waals surface area contributed by atoms with Gasteiger partial charge < -0.3 is 10.6 Å². The quantitative estimate of drug-likeness (QED) is 0.744. The topological polar surface area (TPSA) is 54.0 Å². The van der Waals surface area contributed by atoms with E-state index in [9.17, 15) is 4.79 Å². The Labute approximate surface area is 116 Å². The summed E-state index contributed by atoms with van der Waals surface area (Å²) in [4.78, 5) is 16.2. The van der Waals surface area contributed by atoms with Gasteiger partial charge in [0.15, 0.2) is 0 Å². The first-order chi connectivity index (χ1) is 9.04. The first-order valence-corrected chi connectivity index (χ1v) is 7.03. The van der Waals surface area contributed by atoms with Crippen LogP contribution in [0.1, 0.15) is 45.7 Å². The molecule has 0 saturated carbocycles. The maximum absolute atomic E-state index is 11.6. The van der Waals surface area contributed by atoms with Crippen molar-refractivity contribution in [3.8, 4) is 0 Å². The van der Waals surface area contributed by atoms with Gasteiger partial charge in [0.1, 0.15) is 5.82 Å². The molecule has 0 radical (unpaired) electrons. The van der Waals surface area contributed by atoms with Gasteiger partial charge in [-0.05, 0) is 37.6 Å². The highest BCUT2D eigenvalue weighted by molar-refractivity contribution is 5.91. The van der Waals surface area contributed by atoms with E-state index in [1.54, 1.807) is 0 Å². The zero-order valence-corrected chi connectivity index (χ0v) is 12.4. The molecule has 1 heterocycles. The normalized spacial score (nSPS) is 12.5. The number of carbonyl (C=O) groups excluding carboxylic acids is 1. The van der Waals surface area contributed by atoms with Crippen LogP contribution in [-0.2, 0) is 4.79 Å². The summed E-state index contributed by atoms with van der Waals surface area (Å²) in [7, 11) is 0. The Kier molecular flexibility index (Phi) is 6.50. The van der Waals surface area contributed by atoms with Crippen LogP contribution >= 0.6 is 0 Å². The number of nitrogens with zero attached hydrogens (tertiary/aromatic N) is 1. The summed E-state index contributed by atoms with van der Waals surface area (Å²) in [5.74, 6) is 1.00. The van der Waals surface area contributed by atoms with Gasteiger partial charge >= 0.3 is 0 Å².